The monoisotopic (exact) mass is 295 g/mol. The Hall–Kier alpha value is -1.21. The number of hydrogen-bond donors (Lipinski definition) is 1. The summed E-state index contributed by atoms with van der Waals surface area (Å²) in [5, 5.41) is 3.96. The minimum Gasteiger partial charge on any atom is -0.373 e. The van der Waals surface area contributed by atoms with Gasteiger partial charge in [0.1, 0.15) is 22.5 Å². The quantitative estimate of drug-likeness (QED) is 0.878. The van der Waals surface area contributed by atoms with Gasteiger partial charge in [-0.2, -0.15) is 4.37 Å². The summed E-state index contributed by atoms with van der Waals surface area (Å²) in [7, 11) is 1.86. The highest BCUT2D eigenvalue weighted by Gasteiger charge is 2.19. The van der Waals surface area contributed by atoms with Crippen LogP contribution in [0, 0.1) is 6.92 Å². The van der Waals surface area contributed by atoms with E-state index in [9.17, 15) is 0 Å². The van der Waals surface area contributed by atoms with Gasteiger partial charge in [0.05, 0.1) is 0 Å². The maximum absolute atomic E-state index is 4.61. The van der Waals surface area contributed by atoms with E-state index in [0.717, 1.165) is 26.8 Å². The van der Waals surface area contributed by atoms with Crippen molar-refractivity contribution >= 4 is 29.1 Å². The van der Waals surface area contributed by atoms with Gasteiger partial charge in [-0.1, -0.05) is 20.8 Å². The Morgan fingerprint density at radius 3 is 2.47 bits per heavy atom. The van der Waals surface area contributed by atoms with Gasteiger partial charge in [-0.15, -0.1) is 0 Å². The molecule has 0 fully saturated rings. The Morgan fingerprint density at radius 1 is 1.21 bits per heavy atom. The first-order valence-electron chi connectivity index (χ1n) is 5.94. The van der Waals surface area contributed by atoms with Crippen molar-refractivity contribution in [3.63, 3.8) is 0 Å². The van der Waals surface area contributed by atoms with Crippen LogP contribution in [-0.2, 0) is 5.41 Å². The standard InChI is InChI=1S/C12H17N5S2/c1-7-14-11(19-17-7)18-9-6-8(13-5)15-10(16-9)12(2,3)4/h6H,1-5H3,(H,13,15,16). The second-order valence-electron chi connectivity index (χ2n) is 5.12. The van der Waals surface area contributed by atoms with Crippen molar-refractivity contribution in [3.05, 3.63) is 17.7 Å². The van der Waals surface area contributed by atoms with Gasteiger partial charge < -0.3 is 5.32 Å². The van der Waals surface area contributed by atoms with E-state index in [-0.39, 0.29) is 5.41 Å². The highest BCUT2D eigenvalue weighted by atomic mass is 32.2. The molecule has 0 aliphatic rings. The van der Waals surface area contributed by atoms with Gasteiger partial charge in [-0.25, -0.2) is 15.0 Å². The Kier molecular flexibility index (Phi) is 4.05. The average molecular weight is 295 g/mol. The van der Waals surface area contributed by atoms with E-state index in [0.29, 0.717) is 0 Å². The summed E-state index contributed by atoms with van der Waals surface area (Å²) in [4.78, 5) is 13.5. The van der Waals surface area contributed by atoms with E-state index >= 15 is 0 Å². The summed E-state index contributed by atoms with van der Waals surface area (Å²) in [5.74, 6) is 2.44. The molecule has 0 bridgehead atoms. The molecule has 0 radical (unpaired) electrons. The lowest BCUT2D eigenvalue weighted by molar-refractivity contribution is 0.539. The number of nitrogens with one attached hydrogen (secondary N) is 1. The van der Waals surface area contributed by atoms with Crippen molar-refractivity contribution in [1.82, 2.24) is 19.3 Å². The van der Waals surface area contributed by atoms with Crippen molar-refractivity contribution in [2.75, 3.05) is 12.4 Å². The molecular formula is C12H17N5S2. The zero-order chi connectivity index (χ0) is 14.0. The molecule has 0 aliphatic carbocycles. The first-order valence-corrected chi connectivity index (χ1v) is 7.53. The first kappa shape index (κ1) is 14.2. The predicted octanol–water partition coefficient (Wildman–Crippen LogP) is 3.13. The number of nitrogens with zero attached hydrogens (tertiary/aromatic N) is 4. The molecule has 0 amide bonds. The van der Waals surface area contributed by atoms with Gasteiger partial charge in [0, 0.05) is 18.5 Å². The SMILES string of the molecule is CNc1cc(Sc2nc(C)ns2)nc(C(C)(C)C)n1. The second kappa shape index (κ2) is 5.42. The van der Waals surface area contributed by atoms with E-state index in [4.69, 9.17) is 0 Å². The van der Waals surface area contributed by atoms with Gasteiger partial charge in [-0.05, 0) is 30.2 Å². The zero-order valence-electron chi connectivity index (χ0n) is 11.7. The molecule has 0 atom stereocenters. The third-order valence-corrected chi connectivity index (χ3v) is 4.09. The van der Waals surface area contributed by atoms with Gasteiger partial charge in [0.25, 0.3) is 0 Å². The normalized spacial score (nSPS) is 11.6. The number of hydrogen-bond acceptors (Lipinski definition) is 7. The largest absolute Gasteiger partial charge is 0.373 e. The molecule has 2 heterocycles. The van der Waals surface area contributed by atoms with Crippen LogP contribution in [0.1, 0.15) is 32.4 Å². The number of aryl methyl sites for hydroxylation is 1. The van der Waals surface area contributed by atoms with E-state index in [2.05, 4.69) is 45.4 Å². The highest BCUT2D eigenvalue weighted by molar-refractivity contribution is 8.00. The maximum atomic E-state index is 4.61. The van der Waals surface area contributed by atoms with Crippen molar-refractivity contribution in [2.45, 2.75) is 42.5 Å². The molecule has 1 N–H and O–H groups in total. The van der Waals surface area contributed by atoms with Crippen LogP contribution in [0.5, 0.6) is 0 Å². The molecule has 102 valence electrons. The van der Waals surface area contributed by atoms with Crippen LogP contribution in [0.4, 0.5) is 5.82 Å². The molecule has 19 heavy (non-hydrogen) atoms. The van der Waals surface area contributed by atoms with Crippen LogP contribution in [0.3, 0.4) is 0 Å². The third-order valence-electron chi connectivity index (χ3n) is 2.33. The average Bonchev–Trinajstić information content (AvgIpc) is 2.73. The lowest BCUT2D eigenvalue weighted by Crippen LogP contribution is -2.17. The number of aromatic nitrogens is 4. The number of anilines is 1. The minimum atomic E-state index is -0.0841. The number of rotatable bonds is 3. The van der Waals surface area contributed by atoms with E-state index in [1.165, 1.54) is 23.3 Å². The van der Waals surface area contributed by atoms with Crippen LogP contribution < -0.4 is 5.32 Å². The summed E-state index contributed by atoms with van der Waals surface area (Å²) in [5.41, 5.74) is -0.0841. The van der Waals surface area contributed by atoms with Gasteiger partial charge >= 0.3 is 0 Å². The molecule has 2 rings (SSSR count). The molecule has 0 saturated heterocycles. The van der Waals surface area contributed by atoms with Crippen molar-refractivity contribution in [2.24, 2.45) is 0 Å². The van der Waals surface area contributed by atoms with Gasteiger partial charge in [-0.3, -0.25) is 0 Å². The van der Waals surface area contributed by atoms with Gasteiger partial charge in [0.15, 0.2) is 4.34 Å². The Labute approximate surface area is 121 Å². The molecule has 0 saturated carbocycles. The lowest BCUT2D eigenvalue weighted by atomic mass is 9.96. The molecule has 0 aliphatic heterocycles. The fourth-order valence-corrected chi connectivity index (χ4v) is 2.95. The summed E-state index contributed by atoms with van der Waals surface area (Å²) >= 11 is 2.91. The van der Waals surface area contributed by atoms with E-state index < -0.39 is 0 Å². The van der Waals surface area contributed by atoms with Crippen LogP contribution >= 0.6 is 23.3 Å². The topological polar surface area (TPSA) is 63.6 Å². The minimum absolute atomic E-state index is 0.0841. The fraction of sp³-hybridized carbons (Fsp3) is 0.500. The molecule has 2 aromatic heterocycles. The van der Waals surface area contributed by atoms with Crippen molar-refractivity contribution in [3.8, 4) is 0 Å². The third kappa shape index (κ3) is 3.63. The molecule has 0 spiro atoms. The van der Waals surface area contributed by atoms with Crippen LogP contribution in [0.15, 0.2) is 15.4 Å². The van der Waals surface area contributed by atoms with Crippen LogP contribution in [-0.4, -0.2) is 26.4 Å². The maximum Gasteiger partial charge on any atom is 0.176 e. The van der Waals surface area contributed by atoms with Crippen LogP contribution in [0.25, 0.3) is 0 Å². The van der Waals surface area contributed by atoms with Gasteiger partial charge in [0.2, 0.25) is 0 Å². The summed E-state index contributed by atoms with van der Waals surface area (Å²) in [6.07, 6.45) is 0. The summed E-state index contributed by atoms with van der Waals surface area (Å²) < 4.78 is 5.08. The molecule has 0 unspecified atom stereocenters. The van der Waals surface area contributed by atoms with E-state index in [1.54, 1.807) is 0 Å². The van der Waals surface area contributed by atoms with Crippen molar-refractivity contribution < 1.29 is 0 Å². The summed E-state index contributed by atoms with van der Waals surface area (Å²) in [6.45, 7) is 8.20. The molecular weight excluding hydrogens is 278 g/mol. The molecule has 0 aromatic carbocycles. The van der Waals surface area contributed by atoms with E-state index in [1.807, 2.05) is 20.0 Å². The fourth-order valence-electron chi connectivity index (χ4n) is 1.35. The molecule has 2 aromatic rings. The van der Waals surface area contributed by atoms with Crippen molar-refractivity contribution in [1.29, 1.82) is 0 Å². The first-order chi connectivity index (χ1) is 8.88. The van der Waals surface area contributed by atoms with Crippen LogP contribution in [0.2, 0.25) is 0 Å². The molecule has 5 nitrogen and oxygen atoms in total. The predicted molar refractivity (Wildman–Crippen MR) is 79.0 cm³/mol. The molecule has 7 heteroatoms. The Balaban J connectivity index is 2.34. The highest BCUT2D eigenvalue weighted by Crippen LogP contribution is 2.30. The smallest absolute Gasteiger partial charge is 0.176 e. The Bertz CT molecular complexity index is 574. The zero-order valence-corrected chi connectivity index (χ0v) is 13.3. The lowest BCUT2D eigenvalue weighted by Gasteiger charge is -2.18. The Morgan fingerprint density at radius 2 is 1.95 bits per heavy atom. The second-order valence-corrected chi connectivity index (χ2v) is 7.14. The summed E-state index contributed by atoms with van der Waals surface area (Å²) in [6, 6.07) is 1.93.